The molecule has 2 fully saturated rings. The zero-order valence-electron chi connectivity index (χ0n) is 8.92. The van der Waals surface area contributed by atoms with Gasteiger partial charge >= 0.3 is 0 Å². The molecular formula is C12H22O. The predicted octanol–water partition coefficient (Wildman–Crippen LogP) is 2.97. The van der Waals surface area contributed by atoms with Gasteiger partial charge in [0.05, 0.1) is 6.10 Å². The highest BCUT2D eigenvalue weighted by atomic mass is 16.3. The summed E-state index contributed by atoms with van der Waals surface area (Å²) in [5.41, 5.74) is 0.566. The molecule has 0 saturated heterocycles. The van der Waals surface area contributed by atoms with Gasteiger partial charge in [0.15, 0.2) is 0 Å². The van der Waals surface area contributed by atoms with Crippen molar-refractivity contribution in [3.05, 3.63) is 0 Å². The van der Waals surface area contributed by atoms with Crippen molar-refractivity contribution in [2.75, 3.05) is 0 Å². The van der Waals surface area contributed by atoms with Gasteiger partial charge < -0.3 is 5.11 Å². The maximum absolute atomic E-state index is 9.83. The van der Waals surface area contributed by atoms with Crippen LogP contribution in [0.1, 0.15) is 52.4 Å². The number of fused-ring (bicyclic) bond motifs is 1. The van der Waals surface area contributed by atoms with Crippen molar-refractivity contribution in [1.29, 1.82) is 0 Å². The second kappa shape index (κ2) is 3.27. The van der Waals surface area contributed by atoms with Gasteiger partial charge in [-0.25, -0.2) is 0 Å². The van der Waals surface area contributed by atoms with E-state index in [1.165, 1.54) is 32.1 Å². The Morgan fingerprint density at radius 2 is 1.92 bits per heavy atom. The third kappa shape index (κ3) is 1.52. The van der Waals surface area contributed by atoms with E-state index in [-0.39, 0.29) is 6.10 Å². The molecule has 0 aromatic heterocycles. The first-order valence-corrected chi connectivity index (χ1v) is 5.81. The van der Waals surface area contributed by atoms with Crippen LogP contribution >= 0.6 is 0 Å². The van der Waals surface area contributed by atoms with Crippen LogP contribution in [0.15, 0.2) is 0 Å². The Morgan fingerprint density at radius 1 is 1.15 bits per heavy atom. The molecular weight excluding hydrogens is 160 g/mol. The molecule has 2 aliphatic rings. The van der Waals surface area contributed by atoms with Crippen molar-refractivity contribution < 1.29 is 5.11 Å². The molecule has 0 aliphatic heterocycles. The Bertz CT molecular complexity index is 190. The number of hydrogen-bond donors (Lipinski definition) is 1. The maximum Gasteiger partial charge on any atom is 0.0568 e. The van der Waals surface area contributed by atoms with Gasteiger partial charge in [0, 0.05) is 0 Å². The molecule has 0 amide bonds. The molecule has 0 spiro atoms. The summed E-state index contributed by atoms with van der Waals surface area (Å²) in [5.74, 6) is 1.34. The third-order valence-electron chi connectivity index (χ3n) is 4.66. The van der Waals surface area contributed by atoms with Crippen LogP contribution in [0.3, 0.4) is 0 Å². The number of rotatable bonds is 0. The second-order valence-corrected chi connectivity index (χ2v) is 5.47. The summed E-state index contributed by atoms with van der Waals surface area (Å²) in [6, 6.07) is 0. The number of hydrogen-bond acceptors (Lipinski definition) is 1. The van der Waals surface area contributed by atoms with Crippen LogP contribution in [0.2, 0.25) is 0 Å². The molecule has 0 radical (unpaired) electrons. The summed E-state index contributed by atoms with van der Waals surface area (Å²) < 4.78 is 0. The molecule has 2 saturated carbocycles. The molecule has 0 bridgehead atoms. The lowest BCUT2D eigenvalue weighted by Crippen LogP contribution is -2.44. The van der Waals surface area contributed by atoms with Crippen molar-refractivity contribution in [1.82, 2.24) is 0 Å². The summed E-state index contributed by atoms with van der Waals surface area (Å²) >= 11 is 0. The third-order valence-corrected chi connectivity index (χ3v) is 4.66. The maximum atomic E-state index is 9.83. The van der Waals surface area contributed by atoms with Gasteiger partial charge in [-0.15, -0.1) is 0 Å². The highest BCUT2D eigenvalue weighted by Crippen LogP contribution is 2.52. The molecule has 0 unspecified atom stereocenters. The molecule has 4 atom stereocenters. The van der Waals surface area contributed by atoms with Gasteiger partial charge in [-0.05, 0) is 42.9 Å². The Labute approximate surface area is 81.5 Å². The van der Waals surface area contributed by atoms with Crippen molar-refractivity contribution >= 4 is 0 Å². The first-order valence-electron chi connectivity index (χ1n) is 5.81. The van der Waals surface area contributed by atoms with Crippen LogP contribution in [0.5, 0.6) is 0 Å². The topological polar surface area (TPSA) is 20.2 Å². The summed E-state index contributed by atoms with van der Waals surface area (Å²) in [6.07, 6.45) is 7.82. The quantitative estimate of drug-likeness (QED) is 0.610. The lowest BCUT2D eigenvalue weighted by atomic mass is 9.56. The summed E-state index contributed by atoms with van der Waals surface area (Å²) in [4.78, 5) is 0. The highest BCUT2D eigenvalue weighted by molar-refractivity contribution is 4.95. The summed E-state index contributed by atoms with van der Waals surface area (Å²) in [5, 5.41) is 9.83. The van der Waals surface area contributed by atoms with Crippen molar-refractivity contribution in [3.63, 3.8) is 0 Å². The Kier molecular flexibility index (Phi) is 2.39. The summed E-state index contributed by atoms with van der Waals surface area (Å²) in [6.45, 7) is 4.69. The minimum Gasteiger partial charge on any atom is -0.393 e. The van der Waals surface area contributed by atoms with Crippen LogP contribution in [-0.4, -0.2) is 11.2 Å². The second-order valence-electron chi connectivity index (χ2n) is 5.47. The van der Waals surface area contributed by atoms with Gasteiger partial charge in [0.1, 0.15) is 0 Å². The Morgan fingerprint density at radius 3 is 2.69 bits per heavy atom. The molecule has 13 heavy (non-hydrogen) atoms. The van der Waals surface area contributed by atoms with Gasteiger partial charge in [-0.1, -0.05) is 26.7 Å². The van der Waals surface area contributed by atoms with Crippen molar-refractivity contribution in [3.8, 4) is 0 Å². The predicted molar refractivity (Wildman–Crippen MR) is 54.5 cm³/mol. The van der Waals surface area contributed by atoms with Crippen LogP contribution in [0.25, 0.3) is 0 Å². The zero-order chi connectivity index (χ0) is 9.47. The van der Waals surface area contributed by atoms with E-state index < -0.39 is 0 Å². The van der Waals surface area contributed by atoms with Crippen LogP contribution in [0, 0.1) is 17.3 Å². The minimum atomic E-state index is -0.0174. The van der Waals surface area contributed by atoms with Gasteiger partial charge in [-0.3, -0.25) is 0 Å². The smallest absolute Gasteiger partial charge is 0.0568 e. The molecule has 0 aromatic carbocycles. The highest BCUT2D eigenvalue weighted by Gasteiger charge is 2.44. The Balaban J connectivity index is 2.15. The molecule has 2 aliphatic carbocycles. The van der Waals surface area contributed by atoms with Crippen molar-refractivity contribution in [2.24, 2.45) is 17.3 Å². The molecule has 2 rings (SSSR count). The van der Waals surface area contributed by atoms with Crippen LogP contribution < -0.4 is 0 Å². The molecule has 0 heterocycles. The lowest BCUT2D eigenvalue weighted by Gasteiger charge is -2.50. The average molecular weight is 182 g/mol. The number of aliphatic hydroxyl groups is 1. The van der Waals surface area contributed by atoms with Crippen molar-refractivity contribution in [2.45, 2.75) is 58.5 Å². The van der Waals surface area contributed by atoms with E-state index in [9.17, 15) is 5.11 Å². The van der Waals surface area contributed by atoms with E-state index in [0.29, 0.717) is 11.3 Å². The first-order chi connectivity index (χ1) is 6.13. The van der Waals surface area contributed by atoms with E-state index >= 15 is 0 Å². The van der Waals surface area contributed by atoms with E-state index in [2.05, 4.69) is 13.8 Å². The molecule has 1 N–H and O–H groups in total. The van der Waals surface area contributed by atoms with Crippen LogP contribution in [-0.2, 0) is 0 Å². The van der Waals surface area contributed by atoms with E-state index in [1.807, 2.05) is 0 Å². The SMILES string of the molecule is C[C@@H]1[C@@H](O)CC[C@]2(C)CCCC[C@@H]12. The largest absolute Gasteiger partial charge is 0.393 e. The minimum absolute atomic E-state index is 0.0174. The fourth-order valence-corrected chi connectivity index (χ4v) is 3.64. The zero-order valence-corrected chi connectivity index (χ0v) is 8.92. The van der Waals surface area contributed by atoms with Gasteiger partial charge in [-0.2, -0.15) is 0 Å². The monoisotopic (exact) mass is 182 g/mol. The van der Waals surface area contributed by atoms with Gasteiger partial charge in [0.2, 0.25) is 0 Å². The molecule has 1 heteroatoms. The Hall–Kier alpha value is -0.0400. The molecule has 1 nitrogen and oxygen atoms in total. The van der Waals surface area contributed by atoms with E-state index in [4.69, 9.17) is 0 Å². The standard InChI is InChI=1S/C12H22O/c1-9-10-5-3-4-7-12(10,2)8-6-11(9)13/h9-11,13H,3-8H2,1-2H3/t9-,10-,11-,12-/m0/s1. The molecule has 76 valence electrons. The van der Waals surface area contributed by atoms with Gasteiger partial charge in [0.25, 0.3) is 0 Å². The molecule has 0 aromatic rings. The van der Waals surface area contributed by atoms with E-state index in [1.54, 1.807) is 0 Å². The number of aliphatic hydroxyl groups excluding tert-OH is 1. The lowest BCUT2D eigenvalue weighted by molar-refractivity contribution is -0.0549. The fourth-order valence-electron chi connectivity index (χ4n) is 3.64. The fraction of sp³-hybridized carbons (Fsp3) is 1.00. The first kappa shape index (κ1) is 9.51. The van der Waals surface area contributed by atoms with E-state index in [0.717, 1.165) is 12.3 Å². The summed E-state index contributed by atoms with van der Waals surface area (Å²) in [7, 11) is 0. The normalized spacial score (nSPS) is 51.5. The average Bonchev–Trinajstić information content (AvgIpc) is 2.12. The van der Waals surface area contributed by atoms with Crippen LogP contribution in [0.4, 0.5) is 0 Å².